The number of ether oxygens (including phenoxy) is 1. The minimum atomic E-state index is -0.465. The van der Waals surface area contributed by atoms with Crippen LogP contribution in [0, 0.1) is 5.41 Å². The van der Waals surface area contributed by atoms with Crippen LogP contribution >= 0.6 is 0 Å². The van der Waals surface area contributed by atoms with E-state index in [1.54, 1.807) is 12.1 Å². The van der Waals surface area contributed by atoms with Gasteiger partial charge in [-0.2, -0.15) is 0 Å². The van der Waals surface area contributed by atoms with Crippen molar-refractivity contribution >= 4 is 5.84 Å². The lowest BCUT2D eigenvalue weighted by atomic mass is 9.72. The molecule has 0 aromatic heterocycles. The molecule has 17 heavy (non-hydrogen) atoms. The van der Waals surface area contributed by atoms with Gasteiger partial charge in [0.1, 0.15) is 0 Å². The third kappa shape index (κ3) is 1.04. The number of aromatic hydroxyl groups is 1. The Balaban J connectivity index is 2.27. The third-order valence-corrected chi connectivity index (χ3v) is 3.88. The van der Waals surface area contributed by atoms with Crippen LogP contribution in [0.15, 0.2) is 12.1 Å². The Hall–Kier alpha value is -1.75. The molecule has 0 unspecified atom stereocenters. The van der Waals surface area contributed by atoms with E-state index in [4.69, 9.17) is 10.1 Å². The third-order valence-electron chi connectivity index (χ3n) is 3.88. The second-order valence-electron chi connectivity index (χ2n) is 4.59. The molecule has 90 valence electrons. The Bertz CT molecular complexity index is 509. The van der Waals surface area contributed by atoms with Gasteiger partial charge in [-0.3, -0.25) is 10.6 Å². The summed E-state index contributed by atoms with van der Waals surface area (Å²) in [5, 5.41) is 28.8. The first-order chi connectivity index (χ1) is 8.12. The van der Waals surface area contributed by atoms with Crippen molar-refractivity contribution in [3.05, 3.63) is 23.3 Å². The number of amidine groups is 1. The Kier molecular flexibility index (Phi) is 1.92. The largest absolute Gasteiger partial charge is 0.504 e. The molecule has 1 aliphatic carbocycles. The molecule has 1 saturated carbocycles. The van der Waals surface area contributed by atoms with E-state index >= 15 is 0 Å². The standard InChI is InChI=1S/C12H14N2O3/c1-17-10-8(15)4-3-7-9(10)11(13)14(16)12(7)5-2-6-12/h3-4,13,15-16H,2,5-6H2,1H3. The molecule has 1 aromatic rings. The van der Waals surface area contributed by atoms with Gasteiger partial charge in [0, 0.05) is 0 Å². The molecule has 0 radical (unpaired) electrons. The van der Waals surface area contributed by atoms with E-state index in [1.807, 2.05) is 0 Å². The predicted molar refractivity (Wildman–Crippen MR) is 60.6 cm³/mol. The normalized spacial score (nSPS) is 20.4. The quantitative estimate of drug-likeness (QED) is 0.692. The summed E-state index contributed by atoms with van der Waals surface area (Å²) in [7, 11) is 1.45. The Morgan fingerprint density at radius 3 is 2.65 bits per heavy atom. The van der Waals surface area contributed by atoms with Crippen molar-refractivity contribution < 1.29 is 15.1 Å². The van der Waals surface area contributed by atoms with Crippen LogP contribution in [-0.2, 0) is 5.54 Å². The molecule has 1 aliphatic heterocycles. The van der Waals surface area contributed by atoms with E-state index < -0.39 is 5.54 Å². The molecule has 5 nitrogen and oxygen atoms in total. The van der Waals surface area contributed by atoms with Crippen LogP contribution in [0.5, 0.6) is 11.5 Å². The minimum Gasteiger partial charge on any atom is -0.504 e. The number of rotatable bonds is 1. The molecule has 1 spiro atoms. The predicted octanol–water partition coefficient (Wildman–Crippen LogP) is 1.81. The first-order valence-corrected chi connectivity index (χ1v) is 5.60. The van der Waals surface area contributed by atoms with Crippen molar-refractivity contribution in [1.29, 1.82) is 5.41 Å². The first-order valence-electron chi connectivity index (χ1n) is 5.60. The fourth-order valence-electron chi connectivity index (χ4n) is 2.83. The lowest BCUT2D eigenvalue weighted by Gasteiger charge is -2.43. The summed E-state index contributed by atoms with van der Waals surface area (Å²) in [6.45, 7) is 0. The number of methoxy groups -OCH3 is 1. The maximum absolute atomic E-state index is 10.1. The second-order valence-corrected chi connectivity index (χ2v) is 4.59. The number of benzene rings is 1. The number of hydroxylamine groups is 2. The van der Waals surface area contributed by atoms with Crippen molar-refractivity contribution in [1.82, 2.24) is 5.06 Å². The average Bonchev–Trinajstić information content (AvgIpc) is 2.49. The van der Waals surface area contributed by atoms with Crippen molar-refractivity contribution in [3.8, 4) is 11.5 Å². The zero-order chi connectivity index (χ0) is 12.2. The zero-order valence-electron chi connectivity index (χ0n) is 9.53. The summed E-state index contributed by atoms with van der Waals surface area (Å²) in [6.07, 6.45) is 2.69. The van der Waals surface area contributed by atoms with E-state index in [2.05, 4.69) is 0 Å². The smallest absolute Gasteiger partial charge is 0.171 e. The number of nitrogens with one attached hydrogen (secondary N) is 1. The van der Waals surface area contributed by atoms with Gasteiger partial charge in [0.2, 0.25) is 0 Å². The van der Waals surface area contributed by atoms with Crippen LogP contribution in [0.3, 0.4) is 0 Å². The van der Waals surface area contributed by atoms with Crippen LogP contribution in [0.2, 0.25) is 0 Å². The van der Waals surface area contributed by atoms with Gasteiger partial charge in [0.25, 0.3) is 0 Å². The molecule has 0 atom stereocenters. The van der Waals surface area contributed by atoms with Gasteiger partial charge in [-0.05, 0) is 30.9 Å². The summed E-state index contributed by atoms with van der Waals surface area (Å²) in [4.78, 5) is 0. The van der Waals surface area contributed by atoms with E-state index in [0.717, 1.165) is 29.9 Å². The van der Waals surface area contributed by atoms with E-state index in [-0.39, 0.29) is 17.3 Å². The molecule has 3 rings (SSSR count). The van der Waals surface area contributed by atoms with Gasteiger partial charge in [-0.15, -0.1) is 0 Å². The van der Waals surface area contributed by atoms with Crippen LogP contribution in [0.25, 0.3) is 0 Å². The molecule has 5 heteroatoms. The highest BCUT2D eigenvalue weighted by atomic mass is 16.5. The molecule has 1 heterocycles. The van der Waals surface area contributed by atoms with Gasteiger partial charge in [0.15, 0.2) is 17.3 Å². The molecule has 1 aromatic carbocycles. The van der Waals surface area contributed by atoms with E-state index in [9.17, 15) is 10.3 Å². The van der Waals surface area contributed by atoms with Crippen molar-refractivity contribution in [3.63, 3.8) is 0 Å². The highest BCUT2D eigenvalue weighted by molar-refractivity contribution is 6.04. The van der Waals surface area contributed by atoms with Gasteiger partial charge in [-0.1, -0.05) is 6.07 Å². The molecule has 0 bridgehead atoms. The van der Waals surface area contributed by atoms with Gasteiger partial charge in [-0.25, -0.2) is 5.06 Å². The molecule has 1 fully saturated rings. The average molecular weight is 234 g/mol. The van der Waals surface area contributed by atoms with Crippen LogP contribution in [-0.4, -0.2) is 28.3 Å². The highest BCUT2D eigenvalue weighted by Gasteiger charge is 2.53. The molecule has 0 saturated heterocycles. The molecule has 3 N–H and O–H groups in total. The van der Waals surface area contributed by atoms with Crippen LogP contribution in [0.4, 0.5) is 0 Å². The fraction of sp³-hybridized carbons (Fsp3) is 0.417. The lowest BCUT2D eigenvalue weighted by Crippen LogP contribution is -2.46. The maximum Gasteiger partial charge on any atom is 0.171 e. The Morgan fingerprint density at radius 1 is 1.41 bits per heavy atom. The SMILES string of the molecule is COc1c(O)ccc2c1C(=N)N(O)C21CCC1. The lowest BCUT2D eigenvalue weighted by molar-refractivity contribution is -0.138. The summed E-state index contributed by atoms with van der Waals surface area (Å²) >= 11 is 0. The minimum absolute atomic E-state index is 0.000716. The summed E-state index contributed by atoms with van der Waals surface area (Å²) in [5.41, 5.74) is 0.925. The molecular formula is C12H14N2O3. The van der Waals surface area contributed by atoms with Gasteiger partial charge < -0.3 is 9.84 Å². The van der Waals surface area contributed by atoms with E-state index in [0.29, 0.717) is 5.56 Å². The maximum atomic E-state index is 10.1. The van der Waals surface area contributed by atoms with Gasteiger partial charge >= 0.3 is 0 Å². The fourth-order valence-corrected chi connectivity index (χ4v) is 2.83. The number of fused-ring (bicyclic) bond motifs is 2. The Labute approximate surface area is 98.7 Å². The number of hydrogen-bond donors (Lipinski definition) is 3. The molecular weight excluding hydrogens is 220 g/mol. The monoisotopic (exact) mass is 234 g/mol. The van der Waals surface area contributed by atoms with Crippen LogP contribution in [0.1, 0.15) is 30.4 Å². The number of phenols is 1. The Morgan fingerprint density at radius 2 is 2.12 bits per heavy atom. The van der Waals surface area contributed by atoms with Crippen molar-refractivity contribution in [2.75, 3.05) is 7.11 Å². The highest BCUT2D eigenvalue weighted by Crippen LogP contribution is 2.54. The van der Waals surface area contributed by atoms with Crippen molar-refractivity contribution in [2.24, 2.45) is 0 Å². The van der Waals surface area contributed by atoms with Crippen molar-refractivity contribution in [2.45, 2.75) is 24.8 Å². The zero-order valence-corrected chi connectivity index (χ0v) is 9.53. The summed E-state index contributed by atoms with van der Waals surface area (Å²) < 4.78 is 5.14. The summed E-state index contributed by atoms with van der Waals surface area (Å²) in [6, 6.07) is 3.33. The number of phenolic OH excluding ortho intramolecular Hbond substituents is 1. The number of nitrogens with zero attached hydrogens (tertiary/aromatic N) is 1. The molecule has 0 amide bonds. The number of hydrogen-bond acceptors (Lipinski definition) is 4. The second kappa shape index (κ2) is 3.13. The van der Waals surface area contributed by atoms with Gasteiger partial charge in [0.05, 0.1) is 18.2 Å². The van der Waals surface area contributed by atoms with Crippen LogP contribution < -0.4 is 4.74 Å². The summed E-state index contributed by atoms with van der Waals surface area (Å²) in [5.74, 6) is 0.281. The topological polar surface area (TPSA) is 76.8 Å². The first kappa shape index (κ1) is 10.4. The van der Waals surface area contributed by atoms with E-state index in [1.165, 1.54) is 7.11 Å². The molecule has 2 aliphatic rings.